The SMILES string of the molecule is Cc1cccc(OCCC(=O)NCCCN(C)C)c1C. The van der Waals surface area contributed by atoms with E-state index < -0.39 is 0 Å². The maximum Gasteiger partial charge on any atom is 0.223 e. The van der Waals surface area contributed by atoms with Crippen molar-refractivity contribution < 1.29 is 9.53 Å². The van der Waals surface area contributed by atoms with Crippen molar-refractivity contribution in [3.8, 4) is 5.75 Å². The summed E-state index contributed by atoms with van der Waals surface area (Å²) in [5.74, 6) is 0.916. The van der Waals surface area contributed by atoms with Gasteiger partial charge >= 0.3 is 0 Å². The molecule has 0 aliphatic rings. The highest BCUT2D eigenvalue weighted by Crippen LogP contribution is 2.20. The first-order valence-electron chi connectivity index (χ1n) is 7.11. The van der Waals surface area contributed by atoms with Gasteiger partial charge in [-0.15, -0.1) is 0 Å². The van der Waals surface area contributed by atoms with E-state index >= 15 is 0 Å². The van der Waals surface area contributed by atoms with Crippen molar-refractivity contribution in [3.63, 3.8) is 0 Å². The Hall–Kier alpha value is -1.55. The number of hydrogen-bond acceptors (Lipinski definition) is 3. The maximum absolute atomic E-state index is 11.6. The summed E-state index contributed by atoms with van der Waals surface area (Å²) in [4.78, 5) is 13.7. The summed E-state index contributed by atoms with van der Waals surface area (Å²) >= 11 is 0. The topological polar surface area (TPSA) is 41.6 Å². The van der Waals surface area contributed by atoms with Crippen LogP contribution >= 0.6 is 0 Å². The quantitative estimate of drug-likeness (QED) is 0.741. The average Bonchev–Trinajstić information content (AvgIpc) is 2.39. The molecule has 0 aromatic heterocycles. The molecule has 1 rings (SSSR count). The zero-order valence-corrected chi connectivity index (χ0v) is 13.0. The van der Waals surface area contributed by atoms with Gasteiger partial charge in [-0.3, -0.25) is 4.79 Å². The van der Waals surface area contributed by atoms with Gasteiger partial charge in [0.1, 0.15) is 5.75 Å². The Balaban J connectivity index is 2.20. The monoisotopic (exact) mass is 278 g/mol. The summed E-state index contributed by atoms with van der Waals surface area (Å²) in [7, 11) is 4.06. The molecule has 4 nitrogen and oxygen atoms in total. The summed E-state index contributed by atoms with van der Waals surface area (Å²) in [5, 5.41) is 2.90. The fourth-order valence-electron chi connectivity index (χ4n) is 1.85. The van der Waals surface area contributed by atoms with Crippen molar-refractivity contribution in [2.75, 3.05) is 33.8 Å². The summed E-state index contributed by atoms with van der Waals surface area (Å²) in [5.41, 5.74) is 2.34. The Morgan fingerprint density at radius 3 is 2.75 bits per heavy atom. The molecule has 20 heavy (non-hydrogen) atoms. The normalized spacial score (nSPS) is 10.7. The second-order valence-corrected chi connectivity index (χ2v) is 5.30. The van der Waals surface area contributed by atoms with Crippen LogP contribution in [0.3, 0.4) is 0 Å². The number of hydrogen-bond donors (Lipinski definition) is 1. The van der Waals surface area contributed by atoms with E-state index in [4.69, 9.17) is 4.74 Å². The Labute approximate surface area is 122 Å². The molecular weight excluding hydrogens is 252 g/mol. The molecule has 4 heteroatoms. The molecule has 0 atom stereocenters. The smallest absolute Gasteiger partial charge is 0.223 e. The molecule has 1 aromatic carbocycles. The average molecular weight is 278 g/mol. The van der Waals surface area contributed by atoms with E-state index in [1.165, 1.54) is 5.56 Å². The lowest BCUT2D eigenvalue weighted by Crippen LogP contribution is -2.28. The molecule has 0 heterocycles. The van der Waals surface area contributed by atoms with Crippen molar-refractivity contribution in [1.82, 2.24) is 10.2 Å². The zero-order valence-electron chi connectivity index (χ0n) is 13.0. The van der Waals surface area contributed by atoms with Crippen LogP contribution in [0.4, 0.5) is 0 Å². The van der Waals surface area contributed by atoms with Gasteiger partial charge in [0.25, 0.3) is 0 Å². The van der Waals surface area contributed by atoms with Crippen molar-refractivity contribution in [1.29, 1.82) is 0 Å². The summed E-state index contributed by atoms with van der Waals surface area (Å²) < 4.78 is 5.66. The minimum Gasteiger partial charge on any atom is -0.493 e. The van der Waals surface area contributed by atoms with Crippen LogP contribution < -0.4 is 10.1 Å². The minimum atomic E-state index is 0.0501. The van der Waals surface area contributed by atoms with Crippen LogP contribution in [0.25, 0.3) is 0 Å². The highest BCUT2D eigenvalue weighted by molar-refractivity contribution is 5.75. The van der Waals surface area contributed by atoms with Gasteiger partial charge in [0.05, 0.1) is 13.0 Å². The lowest BCUT2D eigenvalue weighted by Gasteiger charge is -2.12. The van der Waals surface area contributed by atoms with E-state index in [0.29, 0.717) is 13.0 Å². The van der Waals surface area contributed by atoms with Gasteiger partial charge in [0.2, 0.25) is 5.91 Å². The molecule has 0 spiro atoms. The number of carbonyl (C=O) groups excluding carboxylic acids is 1. The van der Waals surface area contributed by atoms with Crippen LogP contribution in [-0.2, 0) is 4.79 Å². The van der Waals surface area contributed by atoms with E-state index in [2.05, 4.69) is 23.2 Å². The molecule has 0 radical (unpaired) electrons. The molecule has 1 amide bonds. The second-order valence-electron chi connectivity index (χ2n) is 5.30. The first-order valence-corrected chi connectivity index (χ1v) is 7.11. The largest absolute Gasteiger partial charge is 0.493 e. The molecule has 1 N–H and O–H groups in total. The molecule has 1 aromatic rings. The van der Waals surface area contributed by atoms with Gasteiger partial charge in [0, 0.05) is 6.54 Å². The molecule has 0 bridgehead atoms. The van der Waals surface area contributed by atoms with E-state index in [1.54, 1.807) is 0 Å². The molecule has 0 saturated heterocycles. The molecule has 0 unspecified atom stereocenters. The standard InChI is InChI=1S/C16H26N2O2/c1-13-7-5-8-15(14(13)2)20-12-9-16(19)17-10-6-11-18(3)4/h5,7-8H,6,9-12H2,1-4H3,(H,17,19). The van der Waals surface area contributed by atoms with Crippen LogP contribution in [0.5, 0.6) is 5.75 Å². The first kappa shape index (κ1) is 16.5. The molecule has 0 aliphatic carbocycles. The van der Waals surface area contributed by atoms with Gasteiger partial charge in [-0.25, -0.2) is 0 Å². The second kappa shape index (κ2) is 8.59. The van der Waals surface area contributed by atoms with E-state index in [1.807, 2.05) is 33.2 Å². The Morgan fingerprint density at radius 2 is 2.05 bits per heavy atom. The number of nitrogens with zero attached hydrogens (tertiary/aromatic N) is 1. The minimum absolute atomic E-state index is 0.0501. The third kappa shape index (κ3) is 6.06. The summed E-state index contributed by atoms with van der Waals surface area (Å²) in [6.07, 6.45) is 1.37. The first-order chi connectivity index (χ1) is 9.50. The van der Waals surface area contributed by atoms with Crippen LogP contribution in [0, 0.1) is 13.8 Å². The van der Waals surface area contributed by atoms with Gasteiger partial charge < -0.3 is 15.0 Å². The van der Waals surface area contributed by atoms with E-state index in [-0.39, 0.29) is 5.91 Å². The fourth-order valence-corrected chi connectivity index (χ4v) is 1.85. The van der Waals surface area contributed by atoms with Crippen LogP contribution in [-0.4, -0.2) is 44.6 Å². The van der Waals surface area contributed by atoms with E-state index in [0.717, 1.165) is 30.8 Å². The Morgan fingerprint density at radius 1 is 1.30 bits per heavy atom. The fraction of sp³-hybridized carbons (Fsp3) is 0.562. The van der Waals surface area contributed by atoms with Crippen molar-refractivity contribution >= 4 is 5.91 Å². The van der Waals surface area contributed by atoms with Gasteiger partial charge in [-0.2, -0.15) is 0 Å². The van der Waals surface area contributed by atoms with Gasteiger partial charge in [0.15, 0.2) is 0 Å². The number of aryl methyl sites for hydroxylation is 1. The predicted octanol–water partition coefficient (Wildman–Crippen LogP) is 2.14. The molecule has 0 aliphatic heterocycles. The van der Waals surface area contributed by atoms with Gasteiger partial charge in [-0.05, 0) is 58.1 Å². The highest BCUT2D eigenvalue weighted by atomic mass is 16.5. The molecular formula is C16H26N2O2. The van der Waals surface area contributed by atoms with E-state index in [9.17, 15) is 4.79 Å². The Bertz CT molecular complexity index is 430. The number of benzene rings is 1. The van der Waals surface area contributed by atoms with Crippen molar-refractivity contribution in [3.05, 3.63) is 29.3 Å². The number of ether oxygens (including phenoxy) is 1. The maximum atomic E-state index is 11.6. The number of rotatable bonds is 8. The lowest BCUT2D eigenvalue weighted by atomic mass is 10.1. The van der Waals surface area contributed by atoms with Crippen LogP contribution in [0.2, 0.25) is 0 Å². The van der Waals surface area contributed by atoms with Crippen LogP contribution in [0.1, 0.15) is 24.0 Å². The number of carbonyl (C=O) groups is 1. The highest BCUT2D eigenvalue weighted by Gasteiger charge is 2.04. The Kier molecular flexibility index (Phi) is 7.09. The third-order valence-corrected chi connectivity index (χ3v) is 3.25. The molecule has 112 valence electrons. The number of nitrogens with one attached hydrogen (secondary N) is 1. The lowest BCUT2D eigenvalue weighted by molar-refractivity contribution is -0.121. The number of amides is 1. The van der Waals surface area contributed by atoms with Gasteiger partial charge in [-0.1, -0.05) is 12.1 Å². The predicted molar refractivity (Wildman–Crippen MR) is 82.2 cm³/mol. The van der Waals surface area contributed by atoms with Crippen LogP contribution in [0.15, 0.2) is 18.2 Å². The zero-order chi connectivity index (χ0) is 15.0. The molecule has 0 saturated carbocycles. The summed E-state index contributed by atoms with van der Waals surface area (Å²) in [6, 6.07) is 5.97. The van der Waals surface area contributed by atoms with Crippen molar-refractivity contribution in [2.24, 2.45) is 0 Å². The summed E-state index contributed by atoms with van der Waals surface area (Å²) in [6.45, 7) is 6.22. The van der Waals surface area contributed by atoms with Crippen molar-refractivity contribution in [2.45, 2.75) is 26.7 Å². The third-order valence-electron chi connectivity index (χ3n) is 3.25. The molecule has 0 fully saturated rings.